The zero-order chi connectivity index (χ0) is 13.4. The smallest absolute Gasteiger partial charge is 0.294 e. The van der Waals surface area contributed by atoms with Crippen molar-refractivity contribution < 1.29 is 4.92 Å². The third kappa shape index (κ3) is 2.40. The van der Waals surface area contributed by atoms with Crippen LogP contribution in [0.2, 0.25) is 5.02 Å². The lowest BCUT2D eigenvalue weighted by Gasteiger charge is -2.35. The molecular formula is C13H16ClN3O2. The molecule has 2 heterocycles. The number of piperidine rings is 1. The van der Waals surface area contributed by atoms with E-state index in [4.69, 9.17) is 11.6 Å². The van der Waals surface area contributed by atoms with Crippen molar-refractivity contribution in [1.29, 1.82) is 0 Å². The summed E-state index contributed by atoms with van der Waals surface area (Å²) < 4.78 is 0. The minimum Gasteiger partial charge on any atom is -0.366 e. The highest BCUT2D eigenvalue weighted by Crippen LogP contribution is 2.35. The molecule has 0 radical (unpaired) electrons. The van der Waals surface area contributed by atoms with Crippen LogP contribution in [-0.2, 0) is 0 Å². The average molecular weight is 282 g/mol. The fourth-order valence-electron chi connectivity index (χ4n) is 3.16. The molecule has 6 heteroatoms. The minimum atomic E-state index is -0.347. The molecule has 2 aliphatic heterocycles. The van der Waals surface area contributed by atoms with Crippen molar-refractivity contribution in [3.05, 3.63) is 33.3 Å². The van der Waals surface area contributed by atoms with Crippen LogP contribution in [0.1, 0.15) is 6.42 Å². The van der Waals surface area contributed by atoms with Gasteiger partial charge in [0, 0.05) is 24.2 Å². The number of rotatable bonds is 2. The second-order valence-electron chi connectivity index (χ2n) is 5.30. The summed E-state index contributed by atoms with van der Waals surface area (Å²) in [5.74, 6) is 1.33. The number of nitrogens with zero attached hydrogens (tertiary/aromatic N) is 2. The molecule has 1 N–H and O–H groups in total. The molecule has 1 aromatic rings. The van der Waals surface area contributed by atoms with Gasteiger partial charge in [-0.05, 0) is 43.5 Å². The van der Waals surface area contributed by atoms with Gasteiger partial charge in [-0.3, -0.25) is 10.1 Å². The molecule has 3 rings (SSSR count). The van der Waals surface area contributed by atoms with Gasteiger partial charge in [0.15, 0.2) is 0 Å². The lowest BCUT2D eigenvalue weighted by molar-refractivity contribution is -0.384. The van der Waals surface area contributed by atoms with Crippen molar-refractivity contribution in [2.24, 2.45) is 11.8 Å². The van der Waals surface area contributed by atoms with Crippen LogP contribution in [-0.4, -0.2) is 31.1 Å². The van der Waals surface area contributed by atoms with Gasteiger partial charge in [0.25, 0.3) is 5.69 Å². The van der Waals surface area contributed by atoms with E-state index in [0.29, 0.717) is 16.6 Å². The number of benzene rings is 1. The summed E-state index contributed by atoms with van der Waals surface area (Å²) in [7, 11) is 0. The first-order valence-corrected chi connectivity index (χ1v) is 6.92. The van der Waals surface area contributed by atoms with Gasteiger partial charge in [-0.2, -0.15) is 0 Å². The minimum absolute atomic E-state index is 0.108. The average Bonchev–Trinajstić information content (AvgIpc) is 2.85. The Morgan fingerprint density at radius 2 is 2.16 bits per heavy atom. The molecule has 5 nitrogen and oxygen atoms in total. The standard InChI is InChI=1S/C13H16ClN3O2/c14-11-1-2-12(13(5-11)17(18)19)16-4-3-9-6-15-7-10(9)8-16/h1-2,5,9-10,15H,3-4,6-8H2. The maximum Gasteiger partial charge on any atom is 0.294 e. The molecule has 2 aliphatic rings. The largest absolute Gasteiger partial charge is 0.366 e. The topological polar surface area (TPSA) is 58.4 Å². The molecule has 2 fully saturated rings. The van der Waals surface area contributed by atoms with E-state index in [-0.39, 0.29) is 10.6 Å². The Morgan fingerprint density at radius 1 is 1.37 bits per heavy atom. The summed E-state index contributed by atoms with van der Waals surface area (Å²) in [5, 5.41) is 15.0. The van der Waals surface area contributed by atoms with Crippen LogP contribution >= 0.6 is 11.6 Å². The van der Waals surface area contributed by atoms with E-state index in [2.05, 4.69) is 10.2 Å². The lowest BCUT2D eigenvalue weighted by Crippen LogP contribution is -2.40. The van der Waals surface area contributed by atoms with E-state index in [9.17, 15) is 10.1 Å². The van der Waals surface area contributed by atoms with Crippen LogP contribution in [0.3, 0.4) is 0 Å². The van der Waals surface area contributed by atoms with Gasteiger partial charge in [-0.25, -0.2) is 0 Å². The van der Waals surface area contributed by atoms with Gasteiger partial charge in [0.05, 0.1) is 4.92 Å². The highest BCUT2D eigenvalue weighted by molar-refractivity contribution is 6.30. The van der Waals surface area contributed by atoms with E-state index in [0.717, 1.165) is 38.5 Å². The van der Waals surface area contributed by atoms with Gasteiger partial charge < -0.3 is 10.2 Å². The number of halogens is 1. The molecule has 0 aliphatic carbocycles. The van der Waals surface area contributed by atoms with Gasteiger partial charge in [-0.15, -0.1) is 0 Å². The maximum absolute atomic E-state index is 11.2. The molecule has 2 saturated heterocycles. The highest BCUT2D eigenvalue weighted by Gasteiger charge is 2.34. The van der Waals surface area contributed by atoms with Crippen molar-refractivity contribution in [1.82, 2.24) is 5.32 Å². The Bertz CT molecular complexity index is 509. The first-order valence-electron chi connectivity index (χ1n) is 6.55. The zero-order valence-corrected chi connectivity index (χ0v) is 11.3. The molecule has 0 bridgehead atoms. The fourth-order valence-corrected chi connectivity index (χ4v) is 3.33. The Labute approximate surface area is 116 Å². The third-order valence-corrected chi connectivity index (χ3v) is 4.41. The van der Waals surface area contributed by atoms with Crippen molar-refractivity contribution in [3.8, 4) is 0 Å². The van der Waals surface area contributed by atoms with Crippen molar-refractivity contribution in [2.75, 3.05) is 31.1 Å². The van der Waals surface area contributed by atoms with Crippen LogP contribution in [0.15, 0.2) is 18.2 Å². The number of fused-ring (bicyclic) bond motifs is 1. The number of hydrogen-bond acceptors (Lipinski definition) is 4. The quantitative estimate of drug-likeness (QED) is 0.667. The van der Waals surface area contributed by atoms with Crippen LogP contribution in [0.4, 0.5) is 11.4 Å². The molecule has 0 saturated carbocycles. The predicted octanol–water partition coefficient (Wildman–Crippen LogP) is 2.29. The van der Waals surface area contributed by atoms with Crippen LogP contribution in [0.25, 0.3) is 0 Å². The molecule has 19 heavy (non-hydrogen) atoms. The van der Waals surface area contributed by atoms with Crippen LogP contribution in [0, 0.1) is 22.0 Å². The van der Waals surface area contributed by atoms with Gasteiger partial charge in [0.2, 0.25) is 0 Å². The normalized spacial score (nSPS) is 26.3. The summed E-state index contributed by atoms with van der Waals surface area (Å²) in [5.41, 5.74) is 0.802. The second kappa shape index (κ2) is 4.98. The Hall–Kier alpha value is -1.33. The zero-order valence-electron chi connectivity index (χ0n) is 10.5. The summed E-state index contributed by atoms with van der Waals surface area (Å²) in [6.07, 6.45) is 1.09. The predicted molar refractivity (Wildman–Crippen MR) is 74.8 cm³/mol. The van der Waals surface area contributed by atoms with E-state index in [1.165, 1.54) is 6.07 Å². The number of hydrogen-bond donors (Lipinski definition) is 1. The fraction of sp³-hybridized carbons (Fsp3) is 0.538. The van der Waals surface area contributed by atoms with Crippen LogP contribution < -0.4 is 10.2 Å². The summed E-state index contributed by atoms with van der Waals surface area (Å²) in [4.78, 5) is 12.9. The highest BCUT2D eigenvalue weighted by atomic mass is 35.5. The lowest BCUT2D eigenvalue weighted by atomic mass is 9.88. The number of anilines is 1. The third-order valence-electron chi connectivity index (χ3n) is 4.18. The first kappa shape index (κ1) is 12.7. The summed E-state index contributed by atoms with van der Waals surface area (Å²) in [6.45, 7) is 3.87. The van der Waals surface area contributed by atoms with Crippen molar-refractivity contribution in [2.45, 2.75) is 6.42 Å². The Morgan fingerprint density at radius 3 is 2.95 bits per heavy atom. The summed E-state index contributed by atoms with van der Waals surface area (Å²) in [6, 6.07) is 4.93. The van der Waals surface area contributed by atoms with E-state index in [1.54, 1.807) is 12.1 Å². The Kier molecular flexibility index (Phi) is 3.33. The second-order valence-corrected chi connectivity index (χ2v) is 5.74. The van der Waals surface area contributed by atoms with Crippen molar-refractivity contribution in [3.63, 3.8) is 0 Å². The van der Waals surface area contributed by atoms with Gasteiger partial charge in [0.1, 0.15) is 5.69 Å². The molecule has 0 spiro atoms. The van der Waals surface area contributed by atoms with E-state index < -0.39 is 0 Å². The number of nitro groups is 1. The van der Waals surface area contributed by atoms with E-state index >= 15 is 0 Å². The Balaban J connectivity index is 1.87. The SMILES string of the molecule is O=[N+]([O-])c1cc(Cl)ccc1N1CCC2CNCC2C1. The first-order chi connectivity index (χ1) is 9.15. The molecule has 2 unspecified atom stereocenters. The molecule has 102 valence electrons. The van der Waals surface area contributed by atoms with E-state index in [1.807, 2.05) is 0 Å². The number of nitrogens with one attached hydrogen (secondary N) is 1. The molecule has 0 amide bonds. The molecular weight excluding hydrogens is 266 g/mol. The van der Waals surface area contributed by atoms with Crippen LogP contribution in [0.5, 0.6) is 0 Å². The monoisotopic (exact) mass is 281 g/mol. The van der Waals surface area contributed by atoms with Gasteiger partial charge >= 0.3 is 0 Å². The van der Waals surface area contributed by atoms with Crippen molar-refractivity contribution >= 4 is 23.0 Å². The number of nitro benzene ring substituents is 1. The molecule has 0 aromatic heterocycles. The molecule has 1 aromatic carbocycles. The molecule has 2 atom stereocenters. The summed E-state index contributed by atoms with van der Waals surface area (Å²) >= 11 is 5.86. The maximum atomic E-state index is 11.2. The van der Waals surface area contributed by atoms with Gasteiger partial charge in [-0.1, -0.05) is 11.6 Å².